The SMILES string of the molecule is CCCOc1ccccc1C(=O)c1cc(C)cc(Cl)c1. The van der Waals surface area contributed by atoms with Gasteiger partial charge in [0.25, 0.3) is 0 Å². The molecule has 3 heteroatoms. The molecule has 0 unspecified atom stereocenters. The second kappa shape index (κ2) is 6.58. The van der Waals surface area contributed by atoms with Gasteiger partial charge in [0.05, 0.1) is 12.2 Å². The summed E-state index contributed by atoms with van der Waals surface area (Å²) in [6.07, 6.45) is 0.902. The van der Waals surface area contributed by atoms with E-state index < -0.39 is 0 Å². The molecule has 20 heavy (non-hydrogen) atoms. The van der Waals surface area contributed by atoms with Gasteiger partial charge < -0.3 is 4.74 Å². The number of carbonyl (C=O) groups is 1. The molecule has 2 rings (SSSR count). The molecule has 0 aliphatic rings. The molecule has 0 saturated heterocycles. The Morgan fingerprint density at radius 3 is 2.65 bits per heavy atom. The van der Waals surface area contributed by atoms with Crippen LogP contribution in [0, 0.1) is 6.92 Å². The third kappa shape index (κ3) is 3.40. The van der Waals surface area contributed by atoms with Crippen LogP contribution in [0.2, 0.25) is 5.02 Å². The van der Waals surface area contributed by atoms with Crippen molar-refractivity contribution in [2.24, 2.45) is 0 Å². The molecular formula is C17H17ClO2. The summed E-state index contributed by atoms with van der Waals surface area (Å²) in [5, 5.41) is 0.570. The fraction of sp³-hybridized carbons (Fsp3) is 0.235. The van der Waals surface area contributed by atoms with E-state index in [1.54, 1.807) is 12.1 Å². The van der Waals surface area contributed by atoms with Crippen LogP contribution in [0.4, 0.5) is 0 Å². The van der Waals surface area contributed by atoms with Crippen LogP contribution in [0.3, 0.4) is 0 Å². The van der Waals surface area contributed by atoms with Crippen LogP contribution in [0.25, 0.3) is 0 Å². The lowest BCUT2D eigenvalue weighted by Gasteiger charge is -2.10. The van der Waals surface area contributed by atoms with Gasteiger partial charge in [-0.25, -0.2) is 0 Å². The van der Waals surface area contributed by atoms with Crippen molar-refractivity contribution in [2.75, 3.05) is 6.61 Å². The van der Waals surface area contributed by atoms with Crippen LogP contribution in [-0.4, -0.2) is 12.4 Å². The van der Waals surface area contributed by atoms with Crippen molar-refractivity contribution in [3.8, 4) is 5.75 Å². The summed E-state index contributed by atoms with van der Waals surface area (Å²) in [5.41, 5.74) is 2.12. The zero-order valence-corrected chi connectivity index (χ0v) is 12.4. The Morgan fingerprint density at radius 2 is 1.95 bits per heavy atom. The van der Waals surface area contributed by atoms with Gasteiger partial charge in [-0.1, -0.05) is 30.7 Å². The first-order chi connectivity index (χ1) is 9.61. The van der Waals surface area contributed by atoms with Crippen LogP contribution in [0.15, 0.2) is 42.5 Å². The second-order valence-corrected chi connectivity index (χ2v) is 5.13. The summed E-state index contributed by atoms with van der Waals surface area (Å²) in [6, 6.07) is 12.7. The molecular weight excluding hydrogens is 272 g/mol. The highest BCUT2D eigenvalue weighted by atomic mass is 35.5. The number of halogens is 1. The number of rotatable bonds is 5. The molecule has 0 fully saturated rings. The second-order valence-electron chi connectivity index (χ2n) is 4.69. The van der Waals surface area contributed by atoms with Crippen molar-refractivity contribution in [3.63, 3.8) is 0 Å². The number of hydrogen-bond donors (Lipinski definition) is 0. The summed E-state index contributed by atoms with van der Waals surface area (Å²) < 4.78 is 5.64. The first-order valence-electron chi connectivity index (χ1n) is 6.65. The van der Waals surface area contributed by atoms with Crippen molar-refractivity contribution in [1.29, 1.82) is 0 Å². The topological polar surface area (TPSA) is 26.3 Å². The molecule has 0 amide bonds. The number of ketones is 1. The van der Waals surface area contributed by atoms with Crippen molar-refractivity contribution in [2.45, 2.75) is 20.3 Å². The number of para-hydroxylation sites is 1. The van der Waals surface area contributed by atoms with Gasteiger partial charge in [0.1, 0.15) is 5.75 Å². The van der Waals surface area contributed by atoms with Crippen LogP contribution < -0.4 is 4.74 Å². The highest BCUT2D eigenvalue weighted by molar-refractivity contribution is 6.31. The summed E-state index contributed by atoms with van der Waals surface area (Å²) in [4.78, 5) is 12.6. The van der Waals surface area contributed by atoms with E-state index in [4.69, 9.17) is 16.3 Å². The number of hydrogen-bond acceptors (Lipinski definition) is 2. The molecule has 2 aromatic carbocycles. The van der Waals surface area contributed by atoms with Crippen molar-refractivity contribution < 1.29 is 9.53 Å². The Labute approximate surface area is 124 Å². The number of aryl methyl sites for hydroxylation is 1. The van der Waals surface area contributed by atoms with Crippen molar-refractivity contribution in [1.82, 2.24) is 0 Å². The summed E-state index contributed by atoms with van der Waals surface area (Å²) in [6.45, 7) is 4.55. The standard InChI is InChI=1S/C17H17ClO2/c1-3-8-20-16-7-5-4-6-15(16)17(19)13-9-12(2)10-14(18)11-13/h4-7,9-11H,3,8H2,1-2H3. The lowest BCUT2D eigenvalue weighted by Crippen LogP contribution is -2.06. The average Bonchev–Trinajstić information content (AvgIpc) is 2.43. The fourth-order valence-electron chi connectivity index (χ4n) is 2.02. The molecule has 0 radical (unpaired) electrons. The Kier molecular flexibility index (Phi) is 4.80. The quantitative estimate of drug-likeness (QED) is 0.748. The normalized spacial score (nSPS) is 10.3. The van der Waals surface area contributed by atoms with Gasteiger partial charge in [-0.2, -0.15) is 0 Å². The van der Waals surface area contributed by atoms with Crippen LogP contribution in [0.1, 0.15) is 34.8 Å². The minimum Gasteiger partial charge on any atom is -0.493 e. The lowest BCUT2D eigenvalue weighted by molar-refractivity contribution is 0.103. The van der Waals surface area contributed by atoms with Crippen molar-refractivity contribution >= 4 is 17.4 Å². The smallest absolute Gasteiger partial charge is 0.196 e. The predicted molar refractivity (Wildman–Crippen MR) is 81.8 cm³/mol. The molecule has 104 valence electrons. The number of ether oxygens (including phenoxy) is 1. The fourth-order valence-corrected chi connectivity index (χ4v) is 2.30. The van der Waals surface area contributed by atoms with Gasteiger partial charge in [-0.3, -0.25) is 4.79 Å². The minimum absolute atomic E-state index is 0.0673. The summed E-state index contributed by atoms with van der Waals surface area (Å²) in [7, 11) is 0. The maximum Gasteiger partial charge on any atom is 0.196 e. The van der Waals surface area contributed by atoms with Gasteiger partial charge in [0.15, 0.2) is 5.78 Å². The Hall–Kier alpha value is -1.80. The molecule has 0 spiro atoms. The molecule has 0 saturated carbocycles. The highest BCUT2D eigenvalue weighted by Crippen LogP contribution is 2.24. The van der Waals surface area contributed by atoms with Gasteiger partial charge >= 0.3 is 0 Å². The third-order valence-electron chi connectivity index (χ3n) is 2.90. The van der Waals surface area contributed by atoms with E-state index in [9.17, 15) is 4.79 Å². The van der Waals surface area contributed by atoms with Gasteiger partial charge in [0.2, 0.25) is 0 Å². The zero-order valence-electron chi connectivity index (χ0n) is 11.7. The molecule has 0 N–H and O–H groups in total. The predicted octanol–water partition coefficient (Wildman–Crippen LogP) is 4.67. The minimum atomic E-state index is -0.0673. The maximum absolute atomic E-state index is 12.6. The summed E-state index contributed by atoms with van der Waals surface area (Å²) >= 11 is 6.02. The first kappa shape index (κ1) is 14.6. The van der Waals surface area contributed by atoms with Crippen LogP contribution >= 0.6 is 11.6 Å². The van der Waals surface area contributed by atoms with Crippen LogP contribution in [-0.2, 0) is 0 Å². The Bertz CT molecular complexity index is 600. The molecule has 2 aromatic rings. The molecule has 0 aromatic heterocycles. The zero-order chi connectivity index (χ0) is 14.5. The number of benzene rings is 2. The van der Waals surface area contributed by atoms with Gasteiger partial charge in [-0.05, 0) is 49.2 Å². The third-order valence-corrected chi connectivity index (χ3v) is 3.12. The number of carbonyl (C=O) groups excluding carboxylic acids is 1. The molecule has 0 atom stereocenters. The summed E-state index contributed by atoms with van der Waals surface area (Å²) in [5.74, 6) is 0.555. The Morgan fingerprint density at radius 1 is 1.20 bits per heavy atom. The van der Waals surface area contributed by atoms with Gasteiger partial charge in [0, 0.05) is 10.6 Å². The average molecular weight is 289 g/mol. The maximum atomic E-state index is 12.6. The molecule has 2 nitrogen and oxygen atoms in total. The van der Waals surface area contributed by atoms with E-state index in [-0.39, 0.29) is 5.78 Å². The Balaban J connectivity index is 2.37. The molecule has 0 aliphatic carbocycles. The van der Waals surface area contributed by atoms with E-state index in [0.29, 0.717) is 28.5 Å². The van der Waals surface area contributed by atoms with E-state index in [1.807, 2.05) is 44.2 Å². The van der Waals surface area contributed by atoms with Crippen LogP contribution in [0.5, 0.6) is 5.75 Å². The van der Waals surface area contributed by atoms with Crippen molar-refractivity contribution in [3.05, 3.63) is 64.2 Å². The van der Waals surface area contributed by atoms with Gasteiger partial charge in [-0.15, -0.1) is 0 Å². The largest absolute Gasteiger partial charge is 0.493 e. The molecule has 0 aliphatic heterocycles. The molecule has 0 bridgehead atoms. The van der Waals surface area contributed by atoms with E-state index >= 15 is 0 Å². The highest BCUT2D eigenvalue weighted by Gasteiger charge is 2.15. The lowest BCUT2D eigenvalue weighted by atomic mass is 10.0. The van der Waals surface area contributed by atoms with E-state index in [0.717, 1.165) is 12.0 Å². The first-order valence-corrected chi connectivity index (χ1v) is 7.03. The monoisotopic (exact) mass is 288 g/mol. The molecule has 0 heterocycles. The van der Waals surface area contributed by atoms with E-state index in [2.05, 4.69) is 0 Å². The van der Waals surface area contributed by atoms with E-state index in [1.165, 1.54) is 0 Å².